The Labute approximate surface area is 171 Å². The number of aromatic nitrogens is 4. The van der Waals surface area contributed by atoms with Crippen molar-refractivity contribution in [3.63, 3.8) is 0 Å². The van der Waals surface area contributed by atoms with Crippen LogP contribution in [-0.4, -0.2) is 32.4 Å². The average molecular weight is 407 g/mol. The molecule has 6 nitrogen and oxygen atoms in total. The number of nitrogens with zero attached hydrogens (tertiary/aromatic N) is 5. The quantitative estimate of drug-likeness (QED) is 0.520. The summed E-state index contributed by atoms with van der Waals surface area (Å²) in [6.07, 6.45) is 4.02. The fraction of sp³-hybridized carbons (Fsp3) is 0.227. The van der Waals surface area contributed by atoms with Crippen LogP contribution in [0, 0.1) is 25.5 Å². The highest BCUT2D eigenvalue weighted by Gasteiger charge is 2.22. The van der Waals surface area contributed by atoms with Crippen molar-refractivity contribution >= 4 is 16.5 Å². The van der Waals surface area contributed by atoms with Crippen molar-refractivity contribution in [1.29, 1.82) is 0 Å². The van der Waals surface area contributed by atoms with Crippen LogP contribution in [0.1, 0.15) is 17.8 Å². The molecule has 0 saturated carbocycles. The summed E-state index contributed by atoms with van der Waals surface area (Å²) in [4.78, 5) is 19.3. The van der Waals surface area contributed by atoms with Crippen LogP contribution in [0.15, 0.2) is 47.5 Å². The van der Waals surface area contributed by atoms with Gasteiger partial charge in [0.1, 0.15) is 5.82 Å². The van der Waals surface area contributed by atoms with Crippen molar-refractivity contribution in [3.8, 4) is 11.5 Å². The van der Waals surface area contributed by atoms with Gasteiger partial charge < -0.3 is 9.47 Å². The summed E-state index contributed by atoms with van der Waals surface area (Å²) in [5.74, 6) is -1.19. The molecule has 0 unspecified atom stereocenters. The monoisotopic (exact) mass is 407 g/mol. The molecule has 30 heavy (non-hydrogen) atoms. The third-order valence-electron chi connectivity index (χ3n) is 5.73. The standard InChI is InChI=1S/C22H19F2N5O/c1-13-16-12-26-29(21-18(24)5-3-8-25-21)22(30)20(16)14(2)28(13)19-11-15(6-7-17(19)23)27-9-4-10-27/h3,5-8,11-12H,4,9-10H2,1-2H3. The topological polar surface area (TPSA) is 56.0 Å². The summed E-state index contributed by atoms with van der Waals surface area (Å²) in [6, 6.07) is 7.69. The largest absolute Gasteiger partial charge is 0.371 e. The summed E-state index contributed by atoms with van der Waals surface area (Å²) < 4.78 is 31.7. The molecule has 4 heterocycles. The maximum atomic E-state index is 14.8. The molecule has 0 spiro atoms. The van der Waals surface area contributed by atoms with E-state index in [0.717, 1.165) is 29.9 Å². The molecule has 5 rings (SSSR count). The molecule has 1 fully saturated rings. The van der Waals surface area contributed by atoms with Gasteiger partial charge in [-0.3, -0.25) is 4.79 Å². The maximum absolute atomic E-state index is 14.8. The second kappa shape index (κ2) is 6.76. The number of pyridine rings is 1. The number of benzene rings is 1. The first-order valence-corrected chi connectivity index (χ1v) is 9.73. The number of halogens is 2. The van der Waals surface area contributed by atoms with E-state index in [1.54, 1.807) is 23.6 Å². The summed E-state index contributed by atoms with van der Waals surface area (Å²) in [5.41, 5.74) is 2.09. The lowest BCUT2D eigenvalue weighted by Gasteiger charge is -2.33. The SMILES string of the molecule is Cc1c2cnn(-c3ncccc3F)c(=O)c2c(C)n1-c1cc(N2CCC2)ccc1F. The zero-order valence-electron chi connectivity index (χ0n) is 16.6. The minimum absolute atomic E-state index is 0.167. The molecule has 152 valence electrons. The Kier molecular flexibility index (Phi) is 4.16. The third kappa shape index (κ3) is 2.63. The predicted octanol–water partition coefficient (Wildman–Crippen LogP) is 3.68. The average Bonchev–Trinajstić information content (AvgIpc) is 2.94. The Morgan fingerprint density at radius 3 is 2.53 bits per heavy atom. The van der Waals surface area contributed by atoms with Gasteiger partial charge in [-0.05, 0) is 50.6 Å². The summed E-state index contributed by atoms with van der Waals surface area (Å²) in [5, 5.41) is 5.08. The van der Waals surface area contributed by atoms with E-state index in [9.17, 15) is 13.6 Å². The normalized spacial score (nSPS) is 13.7. The number of hydrogen-bond donors (Lipinski definition) is 0. The van der Waals surface area contributed by atoms with Crippen molar-refractivity contribution in [2.45, 2.75) is 20.3 Å². The van der Waals surface area contributed by atoms with Gasteiger partial charge in [-0.15, -0.1) is 0 Å². The molecule has 8 heteroatoms. The lowest BCUT2D eigenvalue weighted by molar-refractivity contribution is 0.595. The molecule has 0 bridgehead atoms. The van der Waals surface area contributed by atoms with Gasteiger partial charge >= 0.3 is 0 Å². The molecule has 4 aromatic rings. The zero-order chi connectivity index (χ0) is 21.0. The third-order valence-corrected chi connectivity index (χ3v) is 5.73. The van der Waals surface area contributed by atoms with E-state index in [0.29, 0.717) is 27.8 Å². The number of fused-ring (bicyclic) bond motifs is 1. The van der Waals surface area contributed by atoms with Crippen LogP contribution >= 0.6 is 0 Å². The number of hydrogen-bond acceptors (Lipinski definition) is 4. The van der Waals surface area contributed by atoms with Crippen LogP contribution in [-0.2, 0) is 0 Å². The van der Waals surface area contributed by atoms with E-state index in [1.165, 1.54) is 30.6 Å². The Bertz CT molecular complexity index is 1350. The molecule has 0 amide bonds. The Hall–Kier alpha value is -3.55. The minimum atomic E-state index is -0.645. The van der Waals surface area contributed by atoms with Crippen LogP contribution in [0.3, 0.4) is 0 Å². The smallest absolute Gasteiger partial charge is 0.282 e. The Morgan fingerprint density at radius 2 is 1.83 bits per heavy atom. The number of anilines is 1. The number of rotatable bonds is 3. The van der Waals surface area contributed by atoms with Crippen molar-refractivity contribution in [2.24, 2.45) is 0 Å². The van der Waals surface area contributed by atoms with Crippen LogP contribution in [0.25, 0.3) is 22.3 Å². The molecule has 0 aliphatic carbocycles. The first kappa shape index (κ1) is 18.5. The van der Waals surface area contributed by atoms with Crippen LogP contribution in [0.5, 0.6) is 0 Å². The molecule has 1 aliphatic rings. The summed E-state index contributed by atoms with van der Waals surface area (Å²) >= 11 is 0. The molecule has 1 aliphatic heterocycles. The van der Waals surface area contributed by atoms with Gasteiger partial charge in [0, 0.05) is 41.7 Å². The van der Waals surface area contributed by atoms with E-state index < -0.39 is 11.4 Å². The van der Waals surface area contributed by atoms with Crippen molar-refractivity contribution in [3.05, 3.63) is 76.1 Å². The molecule has 0 atom stereocenters. The highest BCUT2D eigenvalue weighted by Crippen LogP contribution is 2.31. The van der Waals surface area contributed by atoms with Gasteiger partial charge in [-0.1, -0.05) is 0 Å². The van der Waals surface area contributed by atoms with E-state index in [4.69, 9.17) is 0 Å². The zero-order valence-corrected chi connectivity index (χ0v) is 16.6. The van der Waals surface area contributed by atoms with Gasteiger partial charge in [0.2, 0.25) is 0 Å². The van der Waals surface area contributed by atoms with Gasteiger partial charge in [0.15, 0.2) is 11.6 Å². The first-order chi connectivity index (χ1) is 14.5. The molecule has 0 N–H and O–H groups in total. The fourth-order valence-electron chi connectivity index (χ4n) is 4.05. The lowest BCUT2D eigenvalue weighted by Crippen LogP contribution is -2.37. The molecule has 1 saturated heterocycles. The highest BCUT2D eigenvalue weighted by molar-refractivity contribution is 5.88. The van der Waals surface area contributed by atoms with Gasteiger partial charge in [-0.25, -0.2) is 13.8 Å². The lowest BCUT2D eigenvalue weighted by atomic mass is 10.1. The maximum Gasteiger partial charge on any atom is 0.282 e. The van der Waals surface area contributed by atoms with Gasteiger partial charge in [-0.2, -0.15) is 9.78 Å². The van der Waals surface area contributed by atoms with Gasteiger partial charge in [0.05, 0.1) is 17.3 Å². The summed E-state index contributed by atoms with van der Waals surface area (Å²) in [6.45, 7) is 5.46. The van der Waals surface area contributed by atoms with Crippen molar-refractivity contribution in [1.82, 2.24) is 19.3 Å². The Balaban J connectivity index is 1.75. The van der Waals surface area contributed by atoms with Gasteiger partial charge in [0.25, 0.3) is 5.56 Å². The highest BCUT2D eigenvalue weighted by atomic mass is 19.1. The second-order valence-corrected chi connectivity index (χ2v) is 7.44. The number of aryl methyl sites for hydroxylation is 2. The predicted molar refractivity (Wildman–Crippen MR) is 111 cm³/mol. The van der Waals surface area contributed by atoms with E-state index >= 15 is 0 Å². The van der Waals surface area contributed by atoms with E-state index in [2.05, 4.69) is 15.0 Å². The van der Waals surface area contributed by atoms with E-state index in [-0.39, 0.29) is 11.6 Å². The van der Waals surface area contributed by atoms with Crippen LogP contribution in [0.4, 0.5) is 14.5 Å². The van der Waals surface area contributed by atoms with Crippen LogP contribution in [0.2, 0.25) is 0 Å². The summed E-state index contributed by atoms with van der Waals surface area (Å²) in [7, 11) is 0. The molecule has 3 aromatic heterocycles. The Morgan fingerprint density at radius 1 is 1.03 bits per heavy atom. The van der Waals surface area contributed by atoms with E-state index in [1.807, 2.05) is 6.92 Å². The minimum Gasteiger partial charge on any atom is -0.371 e. The van der Waals surface area contributed by atoms with Crippen molar-refractivity contribution in [2.75, 3.05) is 18.0 Å². The molecule has 1 aromatic carbocycles. The molecule has 0 radical (unpaired) electrons. The fourth-order valence-corrected chi connectivity index (χ4v) is 4.05. The van der Waals surface area contributed by atoms with Crippen molar-refractivity contribution < 1.29 is 8.78 Å². The molecular weight excluding hydrogens is 388 g/mol. The van der Waals surface area contributed by atoms with Crippen LogP contribution < -0.4 is 10.5 Å². The first-order valence-electron chi connectivity index (χ1n) is 9.73. The second-order valence-electron chi connectivity index (χ2n) is 7.44. The molecular formula is C22H19F2N5O.